The molecule has 4 aliphatic carbocycles. The summed E-state index contributed by atoms with van der Waals surface area (Å²) in [7, 11) is 0. The minimum Gasteiger partial charge on any atom is -0.691 e. The molecule has 4 bridgehead atoms. The first kappa shape index (κ1) is 15.5. The monoisotopic (exact) mass is 343 g/mol. The average Bonchev–Trinajstić information content (AvgIpc) is 3.16. The Hall–Kier alpha value is -0.0500. The minimum absolute atomic E-state index is 0.152. The molecule has 4 aliphatic rings. The summed E-state index contributed by atoms with van der Waals surface area (Å²) in [6.07, 6.45) is 4.29. The fourth-order valence-electron chi connectivity index (χ4n) is 6.42. The summed E-state index contributed by atoms with van der Waals surface area (Å²) in [6, 6.07) is 0. The van der Waals surface area contributed by atoms with Crippen LogP contribution in [-0.2, 0) is 9.37 Å². The van der Waals surface area contributed by atoms with Crippen molar-refractivity contribution in [2.24, 2.45) is 41.4 Å². The maximum absolute atomic E-state index is 13.8. The zero-order chi connectivity index (χ0) is 15.7. The molecule has 4 fully saturated rings. The molecule has 0 spiro atoms. The Balaban J connectivity index is 1.47. The zero-order valence-electron chi connectivity index (χ0n) is 11.9. The van der Waals surface area contributed by atoms with Crippen LogP contribution in [-0.4, -0.2) is 5.25 Å². The van der Waals surface area contributed by atoms with E-state index in [1.54, 1.807) is 0 Å². The Morgan fingerprint density at radius 2 is 1.68 bits per heavy atom. The molecule has 7 atom stereocenters. The maximum Gasteiger partial charge on any atom is 0.353 e. The fraction of sp³-hybridized carbons (Fsp3) is 1.00. The minimum atomic E-state index is -5.81. The van der Waals surface area contributed by atoms with Crippen LogP contribution in [0.2, 0.25) is 0 Å². The third kappa shape index (κ3) is 2.06. The topological polar surface area (TPSA) is 41.5 Å². The van der Waals surface area contributed by atoms with E-state index >= 15 is 0 Å². The standard InChI is InChI=1S/C14H20F4O3S/c15-14(16,22(17,18)21-20-19)6-10-4-9-5-11(10)13-8-2-1-7(3-8)12(9)13/h7-13,19H,1-6H2/p-1. The summed E-state index contributed by atoms with van der Waals surface area (Å²) < 4.78 is 57.3. The van der Waals surface area contributed by atoms with Gasteiger partial charge in [-0.15, -0.1) is 12.1 Å². The van der Waals surface area contributed by atoms with Crippen LogP contribution in [0, 0.1) is 41.4 Å². The number of rotatable bonds is 5. The van der Waals surface area contributed by atoms with Crippen molar-refractivity contribution in [2.45, 2.75) is 43.8 Å². The van der Waals surface area contributed by atoms with Gasteiger partial charge >= 0.3 is 5.25 Å². The second-order valence-corrected chi connectivity index (χ2v) is 9.12. The molecule has 0 aromatic heterocycles. The quantitative estimate of drug-likeness (QED) is 0.328. The van der Waals surface area contributed by atoms with Crippen LogP contribution in [0.1, 0.15) is 38.5 Å². The van der Waals surface area contributed by atoms with Crippen LogP contribution in [0.5, 0.6) is 0 Å². The SMILES string of the molecule is [O-]OOS(F)(F)C(F)(F)CC1CC2CC1C1C3CCC(C3)C21. The number of halogens is 4. The van der Waals surface area contributed by atoms with Gasteiger partial charge in [0, 0.05) is 6.42 Å². The summed E-state index contributed by atoms with van der Waals surface area (Å²) in [5, 5.41) is 7.97. The van der Waals surface area contributed by atoms with E-state index in [1.165, 1.54) is 19.3 Å². The molecule has 0 aliphatic heterocycles. The molecular weight excluding hydrogens is 324 g/mol. The lowest BCUT2D eigenvalue weighted by atomic mass is 9.67. The molecule has 0 heterocycles. The van der Waals surface area contributed by atoms with Gasteiger partial charge in [0.2, 0.25) is 0 Å². The molecule has 8 heteroatoms. The number of hydrogen-bond acceptors (Lipinski definition) is 3. The predicted molar refractivity (Wildman–Crippen MR) is 69.1 cm³/mol. The van der Waals surface area contributed by atoms with Crippen molar-refractivity contribution in [1.82, 2.24) is 0 Å². The second kappa shape index (κ2) is 4.97. The average molecular weight is 343 g/mol. The smallest absolute Gasteiger partial charge is 0.353 e. The molecule has 3 nitrogen and oxygen atoms in total. The Morgan fingerprint density at radius 1 is 1.00 bits per heavy atom. The molecule has 7 unspecified atom stereocenters. The first-order valence-corrected chi connectivity index (χ1v) is 9.28. The highest BCUT2D eigenvalue weighted by Crippen LogP contribution is 2.72. The van der Waals surface area contributed by atoms with Crippen molar-refractivity contribution in [3.05, 3.63) is 0 Å². The first-order valence-electron chi connectivity index (χ1n) is 7.92. The van der Waals surface area contributed by atoms with Gasteiger partial charge in [-0.25, -0.2) is 0 Å². The summed E-state index contributed by atoms with van der Waals surface area (Å²) in [6.45, 7) is 0. The van der Waals surface area contributed by atoms with E-state index in [-0.39, 0.29) is 11.8 Å². The number of hydrogen-bond donors (Lipinski definition) is 0. The van der Waals surface area contributed by atoms with Crippen molar-refractivity contribution in [3.8, 4) is 0 Å². The van der Waals surface area contributed by atoms with Crippen molar-refractivity contribution in [2.75, 3.05) is 0 Å². The normalized spacial score (nSPS) is 47.2. The lowest BCUT2D eigenvalue weighted by Gasteiger charge is -2.40. The molecule has 0 aromatic carbocycles. The Morgan fingerprint density at radius 3 is 2.36 bits per heavy atom. The van der Waals surface area contributed by atoms with Crippen LogP contribution in [0.4, 0.5) is 16.6 Å². The van der Waals surface area contributed by atoms with Gasteiger partial charge in [-0.3, -0.25) is 5.04 Å². The van der Waals surface area contributed by atoms with Crippen molar-refractivity contribution < 1.29 is 31.2 Å². The Kier molecular flexibility index (Phi) is 3.50. The maximum atomic E-state index is 13.8. The van der Waals surface area contributed by atoms with E-state index in [0.29, 0.717) is 30.1 Å². The van der Waals surface area contributed by atoms with Crippen molar-refractivity contribution >= 4 is 11.1 Å². The summed E-state index contributed by atoms with van der Waals surface area (Å²) in [4.78, 5) is 0. The highest BCUT2D eigenvalue weighted by atomic mass is 32.3. The van der Waals surface area contributed by atoms with Crippen LogP contribution in [0.15, 0.2) is 0 Å². The second-order valence-electron chi connectivity index (χ2n) is 7.54. The summed E-state index contributed by atoms with van der Waals surface area (Å²) >= 11 is -5.81. The lowest BCUT2D eigenvalue weighted by molar-refractivity contribution is -0.779. The molecular formula is C14H19F4O3S-. The van der Waals surface area contributed by atoms with E-state index in [1.807, 2.05) is 0 Å². The van der Waals surface area contributed by atoms with Gasteiger partial charge in [-0.1, -0.05) is 0 Å². The van der Waals surface area contributed by atoms with Gasteiger partial charge in [0.15, 0.2) is 0 Å². The van der Waals surface area contributed by atoms with Gasteiger partial charge < -0.3 is 5.26 Å². The predicted octanol–water partition coefficient (Wildman–Crippen LogP) is 4.00. The Labute approximate surface area is 128 Å². The van der Waals surface area contributed by atoms with E-state index in [9.17, 15) is 21.8 Å². The Bertz CT molecular complexity index is 463. The van der Waals surface area contributed by atoms with Gasteiger partial charge in [0.1, 0.15) is 0 Å². The van der Waals surface area contributed by atoms with Gasteiger partial charge in [0.05, 0.1) is 0 Å². The third-order valence-electron chi connectivity index (χ3n) is 6.83. The zero-order valence-corrected chi connectivity index (χ0v) is 12.7. The molecule has 0 radical (unpaired) electrons. The fourth-order valence-corrected chi connectivity index (χ4v) is 7.00. The van der Waals surface area contributed by atoms with Gasteiger partial charge in [0.25, 0.3) is 11.1 Å². The van der Waals surface area contributed by atoms with Crippen LogP contribution in [0.25, 0.3) is 0 Å². The first-order chi connectivity index (χ1) is 10.3. The van der Waals surface area contributed by atoms with Crippen LogP contribution < -0.4 is 5.26 Å². The van der Waals surface area contributed by atoms with E-state index < -0.39 is 22.8 Å². The third-order valence-corrected chi connectivity index (χ3v) is 7.92. The molecule has 0 amide bonds. The number of alkyl halides is 2. The van der Waals surface area contributed by atoms with E-state index in [4.69, 9.17) is 0 Å². The molecule has 128 valence electrons. The van der Waals surface area contributed by atoms with Gasteiger partial charge in [-0.2, -0.15) is 8.78 Å². The molecule has 22 heavy (non-hydrogen) atoms. The largest absolute Gasteiger partial charge is 0.691 e. The van der Waals surface area contributed by atoms with Crippen molar-refractivity contribution in [1.29, 1.82) is 0 Å². The van der Waals surface area contributed by atoms with Crippen molar-refractivity contribution in [3.63, 3.8) is 0 Å². The number of fused-ring (bicyclic) bond motifs is 9. The summed E-state index contributed by atoms with van der Waals surface area (Å²) in [5.74, 6) is 2.70. The highest BCUT2D eigenvalue weighted by molar-refractivity contribution is 8.22. The highest BCUT2D eigenvalue weighted by Gasteiger charge is 2.65. The molecule has 0 saturated heterocycles. The van der Waals surface area contributed by atoms with E-state index in [2.05, 4.69) is 9.37 Å². The van der Waals surface area contributed by atoms with Gasteiger partial charge in [-0.05, 0) is 73.5 Å². The van der Waals surface area contributed by atoms with E-state index in [0.717, 1.165) is 12.3 Å². The summed E-state index contributed by atoms with van der Waals surface area (Å²) in [5.41, 5.74) is 0. The molecule has 0 aromatic rings. The molecule has 0 N–H and O–H groups in total. The lowest BCUT2D eigenvalue weighted by Crippen LogP contribution is -2.36. The van der Waals surface area contributed by atoms with Crippen LogP contribution in [0.3, 0.4) is 0 Å². The molecule has 4 rings (SSSR count). The molecule has 4 saturated carbocycles. The van der Waals surface area contributed by atoms with Crippen LogP contribution >= 0.6 is 11.1 Å².